The normalized spacial score (nSPS) is 10.2. The maximum atomic E-state index is 13.6. The lowest BCUT2D eigenvalue weighted by Gasteiger charge is -2.08. The van der Waals surface area contributed by atoms with E-state index in [1.807, 2.05) is 0 Å². The van der Waals surface area contributed by atoms with E-state index in [0.717, 1.165) is 0 Å². The largest absolute Gasteiger partial charge is 0.508 e. The number of phenolic OH excluding ortho intramolecular Hbond substituents is 1. The summed E-state index contributed by atoms with van der Waals surface area (Å²) in [5, 5.41) is 9.62. The van der Waals surface area contributed by atoms with E-state index in [-0.39, 0.29) is 11.3 Å². The van der Waals surface area contributed by atoms with Gasteiger partial charge >= 0.3 is 5.97 Å². The van der Waals surface area contributed by atoms with Crippen molar-refractivity contribution in [3.8, 4) is 22.6 Å². The molecule has 0 amide bonds. The Hall–Kier alpha value is -2.56. The first-order valence-electron chi connectivity index (χ1n) is 5.81. The Morgan fingerprint density at radius 2 is 1.85 bits per heavy atom. The van der Waals surface area contributed by atoms with Crippen LogP contribution in [0.3, 0.4) is 0 Å². The minimum atomic E-state index is -0.753. The highest BCUT2D eigenvalue weighted by Crippen LogP contribution is 2.30. The van der Waals surface area contributed by atoms with Crippen molar-refractivity contribution in [2.75, 3.05) is 14.2 Å². The molecule has 0 heterocycles. The van der Waals surface area contributed by atoms with Crippen molar-refractivity contribution in [1.29, 1.82) is 0 Å². The number of carbonyl (C=O) groups is 1. The van der Waals surface area contributed by atoms with E-state index in [9.17, 15) is 14.3 Å². The van der Waals surface area contributed by atoms with Gasteiger partial charge in [0.15, 0.2) is 0 Å². The Morgan fingerprint density at radius 1 is 1.10 bits per heavy atom. The summed E-state index contributed by atoms with van der Waals surface area (Å²) in [6.45, 7) is 0. The van der Waals surface area contributed by atoms with Crippen molar-refractivity contribution in [2.24, 2.45) is 0 Å². The van der Waals surface area contributed by atoms with Crippen molar-refractivity contribution in [3.63, 3.8) is 0 Å². The summed E-state index contributed by atoms with van der Waals surface area (Å²) >= 11 is 0. The van der Waals surface area contributed by atoms with Gasteiger partial charge in [0.25, 0.3) is 0 Å². The van der Waals surface area contributed by atoms with Crippen LogP contribution in [-0.2, 0) is 4.74 Å². The second-order valence-electron chi connectivity index (χ2n) is 4.11. The third-order valence-corrected chi connectivity index (χ3v) is 2.83. The number of carbonyl (C=O) groups excluding carboxylic acids is 1. The van der Waals surface area contributed by atoms with E-state index in [4.69, 9.17) is 4.74 Å². The van der Waals surface area contributed by atoms with Gasteiger partial charge in [-0.1, -0.05) is 6.07 Å². The molecule has 2 aromatic rings. The molecule has 0 unspecified atom stereocenters. The molecular formula is C15H13FO4. The van der Waals surface area contributed by atoms with Crippen LogP contribution in [0.25, 0.3) is 11.1 Å². The fourth-order valence-corrected chi connectivity index (χ4v) is 1.84. The Labute approximate surface area is 115 Å². The van der Waals surface area contributed by atoms with Gasteiger partial charge in [-0.05, 0) is 35.4 Å². The number of benzene rings is 2. The van der Waals surface area contributed by atoms with Crippen molar-refractivity contribution in [2.45, 2.75) is 0 Å². The maximum absolute atomic E-state index is 13.6. The molecule has 0 aliphatic rings. The number of esters is 1. The number of rotatable bonds is 3. The Bertz CT molecular complexity index is 652. The molecule has 0 aliphatic heterocycles. The first kappa shape index (κ1) is 13.9. The number of halogens is 1. The number of phenols is 1. The molecule has 0 aromatic heterocycles. The van der Waals surface area contributed by atoms with Crippen LogP contribution in [0, 0.1) is 5.82 Å². The Balaban J connectivity index is 2.53. The predicted molar refractivity (Wildman–Crippen MR) is 71.4 cm³/mol. The third-order valence-electron chi connectivity index (χ3n) is 2.83. The lowest BCUT2D eigenvalue weighted by molar-refractivity contribution is 0.0595. The summed E-state index contributed by atoms with van der Waals surface area (Å²) in [5.74, 6) is -0.934. The Morgan fingerprint density at radius 3 is 2.50 bits per heavy atom. The van der Waals surface area contributed by atoms with Crippen molar-refractivity contribution < 1.29 is 23.8 Å². The monoisotopic (exact) mass is 276 g/mol. The number of hydrogen-bond donors (Lipinski definition) is 1. The lowest BCUT2D eigenvalue weighted by atomic mass is 10.0. The second kappa shape index (κ2) is 5.61. The first-order chi connectivity index (χ1) is 9.55. The van der Waals surface area contributed by atoms with Crippen LogP contribution in [0.4, 0.5) is 4.39 Å². The van der Waals surface area contributed by atoms with Gasteiger partial charge < -0.3 is 14.6 Å². The highest BCUT2D eigenvalue weighted by molar-refractivity contribution is 5.91. The quantitative estimate of drug-likeness (QED) is 0.876. The molecule has 1 N–H and O–H groups in total. The van der Waals surface area contributed by atoms with Crippen LogP contribution in [0.1, 0.15) is 10.4 Å². The molecule has 0 saturated carbocycles. The van der Waals surface area contributed by atoms with E-state index in [0.29, 0.717) is 16.9 Å². The molecule has 0 atom stereocenters. The minimum absolute atomic E-state index is 0.0169. The van der Waals surface area contributed by atoms with Crippen LogP contribution < -0.4 is 4.74 Å². The molecule has 5 heteroatoms. The number of aromatic hydroxyl groups is 1. The molecule has 20 heavy (non-hydrogen) atoms. The van der Waals surface area contributed by atoms with E-state index < -0.39 is 11.8 Å². The van der Waals surface area contributed by atoms with Crippen LogP contribution in [0.2, 0.25) is 0 Å². The lowest BCUT2D eigenvalue weighted by Crippen LogP contribution is -2.04. The number of hydrogen-bond acceptors (Lipinski definition) is 4. The molecule has 2 aromatic carbocycles. The zero-order valence-electron chi connectivity index (χ0n) is 11.0. The topological polar surface area (TPSA) is 55.8 Å². The van der Waals surface area contributed by atoms with Gasteiger partial charge in [-0.15, -0.1) is 0 Å². The molecule has 2 rings (SSSR count). The highest BCUT2D eigenvalue weighted by Gasteiger charge is 2.14. The van der Waals surface area contributed by atoms with Crippen molar-refractivity contribution in [1.82, 2.24) is 0 Å². The molecule has 0 spiro atoms. The molecule has 0 saturated heterocycles. The van der Waals surface area contributed by atoms with Gasteiger partial charge in [0.1, 0.15) is 17.3 Å². The summed E-state index contributed by atoms with van der Waals surface area (Å²) in [7, 11) is 2.66. The van der Waals surface area contributed by atoms with Gasteiger partial charge in [-0.25, -0.2) is 9.18 Å². The minimum Gasteiger partial charge on any atom is -0.508 e. The zero-order chi connectivity index (χ0) is 14.7. The maximum Gasteiger partial charge on any atom is 0.340 e. The fourth-order valence-electron chi connectivity index (χ4n) is 1.84. The van der Waals surface area contributed by atoms with E-state index >= 15 is 0 Å². The van der Waals surface area contributed by atoms with E-state index in [1.54, 1.807) is 6.07 Å². The van der Waals surface area contributed by atoms with Gasteiger partial charge in [-0.2, -0.15) is 0 Å². The van der Waals surface area contributed by atoms with E-state index in [1.165, 1.54) is 44.6 Å². The van der Waals surface area contributed by atoms with Gasteiger partial charge in [-0.3, -0.25) is 0 Å². The predicted octanol–water partition coefficient (Wildman–Crippen LogP) is 2.99. The van der Waals surface area contributed by atoms with Crippen LogP contribution in [0.15, 0.2) is 36.4 Å². The highest BCUT2D eigenvalue weighted by atomic mass is 19.1. The second-order valence-corrected chi connectivity index (χ2v) is 4.11. The third kappa shape index (κ3) is 2.71. The van der Waals surface area contributed by atoms with E-state index in [2.05, 4.69) is 4.74 Å². The molecule has 0 radical (unpaired) electrons. The van der Waals surface area contributed by atoms with Gasteiger partial charge in [0.2, 0.25) is 0 Å². The molecule has 0 fully saturated rings. The average molecular weight is 276 g/mol. The van der Waals surface area contributed by atoms with Crippen molar-refractivity contribution in [3.05, 3.63) is 47.8 Å². The van der Waals surface area contributed by atoms with Crippen molar-refractivity contribution >= 4 is 5.97 Å². The summed E-state index contributed by atoms with van der Waals surface area (Å²) < 4.78 is 23.2. The summed E-state index contributed by atoms with van der Waals surface area (Å²) in [6.07, 6.45) is 0. The molecule has 104 valence electrons. The summed E-state index contributed by atoms with van der Waals surface area (Å²) in [6, 6.07) is 8.68. The fraction of sp³-hybridized carbons (Fsp3) is 0.133. The molecular weight excluding hydrogens is 263 g/mol. The van der Waals surface area contributed by atoms with Crippen LogP contribution in [0.5, 0.6) is 11.5 Å². The van der Waals surface area contributed by atoms with Crippen LogP contribution >= 0.6 is 0 Å². The summed E-state index contributed by atoms with van der Waals surface area (Å²) in [4.78, 5) is 11.5. The molecule has 0 aliphatic carbocycles. The summed E-state index contributed by atoms with van der Waals surface area (Å²) in [5.41, 5.74) is 1.01. The molecule has 0 bridgehead atoms. The average Bonchev–Trinajstić information content (AvgIpc) is 2.46. The smallest absolute Gasteiger partial charge is 0.340 e. The van der Waals surface area contributed by atoms with Crippen LogP contribution in [-0.4, -0.2) is 25.3 Å². The van der Waals surface area contributed by atoms with Gasteiger partial charge in [0.05, 0.1) is 19.8 Å². The SMILES string of the molecule is COC(=O)c1cc(-c2cc(O)cc(OC)c2)ccc1F. The number of ether oxygens (including phenoxy) is 2. The standard InChI is InChI=1S/C15H13FO4/c1-19-12-6-10(5-11(17)8-12)9-3-4-14(16)13(7-9)15(18)20-2/h3-8,17H,1-2H3. The number of methoxy groups -OCH3 is 2. The molecule has 4 nitrogen and oxygen atoms in total. The first-order valence-corrected chi connectivity index (χ1v) is 5.81. The Kier molecular flexibility index (Phi) is 3.89. The zero-order valence-corrected chi connectivity index (χ0v) is 11.0. The van der Waals surface area contributed by atoms with Gasteiger partial charge in [0, 0.05) is 6.07 Å².